The van der Waals surface area contributed by atoms with Crippen LogP contribution in [0.25, 0.3) is 22.4 Å². The van der Waals surface area contributed by atoms with Gasteiger partial charge in [0.1, 0.15) is 23.1 Å². The Hall–Kier alpha value is -2.82. The summed E-state index contributed by atoms with van der Waals surface area (Å²) in [4.78, 5) is 7.60. The van der Waals surface area contributed by atoms with E-state index in [-0.39, 0.29) is 5.82 Å². The van der Waals surface area contributed by atoms with Crippen molar-refractivity contribution >= 4 is 11.0 Å². The predicted molar refractivity (Wildman–Crippen MR) is 88.1 cm³/mol. The summed E-state index contributed by atoms with van der Waals surface area (Å²) >= 11 is 0. The number of aromatic amines is 1. The van der Waals surface area contributed by atoms with Crippen molar-refractivity contribution in [2.75, 3.05) is 7.11 Å². The van der Waals surface area contributed by atoms with Gasteiger partial charge in [0.25, 0.3) is 0 Å². The van der Waals surface area contributed by atoms with E-state index in [1.807, 2.05) is 32.1 Å². The topological polar surface area (TPSA) is 47.1 Å². The van der Waals surface area contributed by atoms with Crippen LogP contribution in [0, 0.1) is 5.82 Å². The normalized spacial score (nSPS) is 11.7. The Morgan fingerprint density at radius 2 is 2.04 bits per heavy atom. The Morgan fingerprint density at radius 1 is 1.22 bits per heavy atom. The molecule has 3 aromatic rings. The van der Waals surface area contributed by atoms with Gasteiger partial charge in [-0.1, -0.05) is 0 Å². The zero-order chi connectivity index (χ0) is 16.4. The lowest BCUT2D eigenvalue weighted by Crippen LogP contribution is -1.93. The number of hydrogen-bond donors (Lipinski definition) is 1. The highest BCUT2D eigenvalue weighted by molar-refractivity contribution is 5.80. The van der Waals surface area contributed by atoms with Crippen LogP contribution in [0.1, 0.15) is 13.8 Å². The molecule has 1 N–H and O–H groups in total. The smallest absolute Gasteiger partial charge is 0.142 e. The van der Waals surface area contributed by atoms with Crippen LogP contribution in [0.3, 0.4) is 0 Å². The average Bonchev–Trinajstić information content (AvgIpc) is 2.97. The maximum atomic E-state index is 13.3. The third kappa shape index (κ3) is 3.04. The Kier molecular flexibility index (Phi) is 4.02. The van der Waals surface area contributed by atoms with Crippen molar-refractivity contribution in [1.82, 2.24) is 9.97 Å². The van der Waals surface area contributed by atoms with Gasteiger partial charge >= 0.3 is 0 Å². The van der Waals surface area contributed by atoms with Crippen molar-refractivity contribution in [1.29, 1.82) is 0 Å². The van der Waals surface area contributed by atoms with E-state index in [4.69, 9.17) is 9.47 Å². The van der Waals surface area contributed by atoms with Crippen LogP contribution >= 0.6 is 0 Å². The van der Waals surface area contributed by atoms with E-state index in [9.17, 15) is 4.39 Å². The van der Waals surface area contributed by atoms with E-state index in [1.165, 1.54) is 12.1 Å². The molecule has 23 heavy (non-hydrogen) atoms. The molecular formula is C18H17FN2O2. The van der Waals surface area contributed by atoms with Gasteiger partial charge in [-0.2, -0.15) is 0 Å². The molecule has 0 aliphatic carbocycles. The number of rotatable bonds is 4. The van der Waals surface area contributed by atoms with Crippen molar-refractivity contribution in [3.05, 3.63) is 54.1 Å². The molecule has 0 bridgehead atoms. The number of benzene rings is 2. The number of hydrogen-bond acceptors (Lipinski definition) is 3. The molecule has 0 unspecified atom stereocenters. The number of H-pyrrole nitrogens is 1. The maximum absolute atomic E-state index is 13.3. The van der Waals surface area contributed by atoms with E-state index in [1.54, 1.807) is 19.2 Å². The monoisotopic (exact) mass is 312 g/mol. The molecule has 3 rings (SSSR count). The average molecular weight is 312 g/mol. The lowest BCUT2D eigenvalue weighted by atomic mass is 10.2. The highest BCUT2D eigenvalue weighted by Gasteiger charge is 2.12. The van der Waals surface area contributed by atoms with E-state index < -0.39 is 0 Å². The van der Waals surface area contributed by atoms with Crippen LogP contribution in [-0.2, 0) is 0 Å². The second-order valence-electron chi connectivity index (χ2n) is 5.11. The van der Waals surface area contributed by atoms with Crippen molar-refractivity contribution in [2.45, 2.75) is 13.8 Å². The number of allylic oxidation sites excluding steroid dienone is 2. The Bertz CT molecular complexity index is 884. The minimum absolute atomic E-state index is 0.301. The summed E-state index contributed by atoms with van der Waals surface area (Å²) in [6.07, 6.45) is 1.88. The highest BCUT2D eigenvalue weighted by atomic mass is 19.1. The van der Waals surface area contributed by atoms with Crippen molar-refractivity contribution < 1.29 is 13.9 Å². The van der Waals surface area contributed by atoms with Crippen LogP contribution in [-0.4, -0.2) is 17.1 Å². The van der Waals surface area contributed by atoms with Crippen LogP contribution in [0.2, 0.25) is 0 Å². The minimum Gasteiger partial charge on any atom is -0.496 e. The molecule has 4 nitrogen and oxygen atoms in total. The molecule has 5 heteroatoms. The summed E-state index contributed by atoms with van der Waals surface area (Å²) in [7, 11) is 1.59. The van der Waals surface area contributed by atoms with Gasteiger partial charge in [0, 0.05) is 6.07 Å². The fourth-order valence-corrected chi connectivity index (χ4v) is 2.28. The van der Waals surface area contributed by atoms with Gasteiger partial charge in [0.15, 0.2) is 0 Å². The predicted octanol–water partition coefficient (Wildman–Crippen LogP) is 4.68. The van der Waals surface area contributed by atoms with Crippen molar-refractivity contribution in [3.8, 4) is 22.9 Å². The fraction of sp³-hybridized carbons (Fsp3) is 0.167. The third-order valence-electron chi connectivity index (χ3n) is 3.56. The van der Waals surface area contributed by atoms with Crippen LogP contribution in [0.15, 0.2) is 48.2 Å². The summed E-state index contributed by atoms with van der Waals surface area (Å²) in [6, 6.07) is 9.97. The first-order valence-electron chi connectivity index (χ1n) is 7.25. The molecule has 1 aromatic heterocycles. The zero-order valence-corrected chi connectivity index (χ0v) is 13.2. The van der Waals surface area contributed by atoms with E-state index in [2.05, 4.69) is 9.97 Å². The van der Waals surface area contributed by atoms with E-state index in [0.29, 0.717) is 28.4 Å². The number of fused-ring (bicyclic) bond motifs is 1. The number of imidazole rings is 1. The van der Waals surface area contributed by atoms with Gasteiger partial charge in [-0.25, -0.2) is 9.37 Å². The molecule has 0 atom stereocenters. The van der Waals surface area contributed by atoms with Gasteiger partial charge in [-0.15, -0.1) is 0 Å². The molecule has 0 saturated carbocycles. The third-order valence-corrected chi connectivity index (χ3v) is 3.56. The van der Waals surface area contributed by atoms with Crippen molar-refractivity contribution in [3.63, 3.8) is 0 Å². The largest absolute Gasteiger partial charge is 0.496 e. The second-order valence-corrected chi connectivity index (χ2v) is 5.11. The van der Waals surface area contributed by atoms with Gasteiger partial charge in [0.05, 0.1) is 29.5 Å². The number of nitrogens with one attached hydrogen (secondary N) is 1. The SMILES string of the molecule is CC=C(C)Oc1ccc(-c2nc3ccc(F)cc3[nH]2)c(OC)c1. The zero-order valence-electron chi connectivity index (χ0n) is 13.2. The first-order valence-corrected chi connectivity index (χ1v) is 7.25. The van der Waals surface area contributed by atoms with Crippen molar-refractivity contribution in [2.24, 2.45) is 0 Å². The second kappa shape index (κ2) is 6.12. The summed E-state index contributed by atoms with van der Waals surface area (Å²) in [5.41, 5.74) is 2.13. The lowest BCUT2D eigenvalue weighted by molar-refractivity contribution is 0.401. The Morgan fingerprint density at radius 3 is 2.78 bits per heavy atom. The Labute approximate surface area is 133 Å². The molecule has 0 spiro atoms. The lowest BCUT2D eigenvalue weighted by Gasteiger charge is -2.10. The summed E-state index contributed by atoms with van der Waals surface area (Å²) < 4.78 is 24.4. The van der Waals surface area contributed by atoms with Gasteiger partial charge in [0.2, 0.25) is 0 Å². The van der Waals surface area contributed by atoms with Gasteiger partial charge in [-0.05, 0) is 50.3 Å². The molecule has 0 radical (unpaired) electrons. The standard InChI is InChI=1S/C18H17FN2O2/c1-4-11(2)23-13-6-7-14(17(10-13)22-3)18-20-15-8-5-12(19)9-16(15)21-18/h4-10H,1-3H3,(H,20,21). The van der Waals surface area contributed by atoms with Gasteiger partial charge in [-0.3, -0.25) is 0 Å². The van der Waals surface area contributed by atoms with Crippen LogP contribution in [0.5, 0.6) is 11.5 Å². The molecule has 0 fully saturated rings. The van der Waals surface area contributed by atoms with Crippen LogP contribution < -0.4 is 9.47 Å². The number of nitrogens with zero attached hydrogens (tertiary/aromatic N) is 1. The first kappa shape index (κ1) is 15.1. The number of methoxy groups -OCH3 is 1. The quantitative estimate of drug-likeness (QED) is 0.712. The maximum Gasteiger partial charge on any atom is 0.142 e. The Balaban J connectivity index is 2.03. The van der Waals surface area contributed by atoms with E-state index >= 15 is 0 Å². The molecule has 0 saturated heterocycles. The molecule has 118 valence electrons. The summed E-state index contributed by atoms with van der Waals surface area (Å²) in [5, 5.41) is 0. The molecule has 0 aliphatic rings. The molecule has 0 aliphatic heterocycles. The fourth-order valence-electron chi connectivity index (χ4n) is 2.28. The summed E-state index contributed by atoms with van der Waals surface area (Å²) in [6.45, 7) is 3.79. The van der Waals surface area contributed by atoms with Crippen LogP contribution in [0.4, 0.5) is 4.39 Å². The number of aromatic nitrogens is 2. The molecule has 0 amide bonds. The number of ether oxygens (including phenoxy) is 2. The first-order chi connectivity index (χ1) is 11.1. The number of halogens is 1. The van der Waals surface area contributed by atoms with Gasteiger partial charge < -0.3 is 14.5 Å². The molecule has 1 heterocycles. The highest BCUT2D eigenvalue weighted by Crippen LogP contribution is 2.33. The minimum atomic E-state index is -0.301. The summed E-state index contributed by atoms with van der Waals surface area (Å²) in [5.74, 6) is 2.44. The van der Waals surface area contributed by atoms with E-state index in [0.717, 1.165) is 11.3 Å². The molecule has 2 aromatic carbocycles. The molecular weight excluding hydrogens is 295 g/mol.